The summed E-state index contributed by atoms with van der Waals surface area (Å²) >= 11 is 4.15. The van der Waals surface area contributed by atoms with Crippen LogP contribution >= 0.6 is 12.6 Å². The summed E-state index contributed by atoms with van der Waals surface area (Å²) in [6.45, 7) is 7.71. The van der Waals surface area contributed by atoms with Gasteiger partial charge in [0.1, 0.15) is 6.04 Å². The van der Waals surface area contributed by atoms with E-state index in [0.29, 0.717) is 24.8 Å². The van der Waals surface area contributed by atoms with Gasteiger partial charge in [-0.25, -0.2) is 0 Å². The Morgan fingerprint density at radius 3 is 2.16 bits per heavy atom. The highest BCUT2D eigenvalue weighted by Gasteiger charge is 2.24. The predicted octanol–water partition coefficient (Wildman–Crippen LogP) is 0.467. The maximum atomic E-state index is 12.4. The van der Waals surface area contributed by atoms with E-state index in [1.165, 1.54) is 6.92 Å². The summed E-state index contributed by atoms with van der Waals surface area (Å²) in [6, 6.07) is -0.540. The van der Waals surface area contributed by atoms with Crippen LogP contribution in [-0.2, 0) is 9.59 Å². The zero-order chi connectivity index (χ0) is 15.0. The van der Waals surface area contributed by atoms with E-state index in [9.17, 15) is 9.59 Å². The molecule has 0 saturated carbocycles. The number of rotatable bonds is 8. The monoisotopic (exact) mass is 289 g/mol. The molecule has 0 fully saturated rings. The van der Waals surface area contributed by atoms with Gasteiger partial charge in [0.25, 0.3) is 0 Å². The molecule has 0 aliphatic carbocycles. The third kappa shape index (κ3) is 8.10. The van der Waals surface area contributed by atoms with Crippen molar-refractivity contribution in [2.24, 2.45) is 5.92 Å². The third-order valence-corrected chi connectivity index (χ3v) is 2.94. The van der Waals surface area contributed by atoms with Gasteiger partial charge in [-0.1, -0.05) is 13.8 Å². The van der Waals surface area contributed by atoms with E-state index in [4.69, 9.17) is 0 Å². The first-order chi connectivity index (χ1) is 8.77. The average molecular weight is 289 g/mol. The lowest BCUT2D eigenvalue weighted by atomic mass is 10.2. The molecule has 5 nitrogen and oxygen atoms in total. The maximum Gasteiger partial charge on any atom is 0.246 e. The number of thiol groups is 1. The molecule has 0 saturated heterocycles. The van der Waals surface area contributed by atoms with Crippen LogP contribution in [0.5, 0.6) is 0 Å². The standard InChI is InChI=1S/C13H27N3O2S/c1-10(2)8-16(7-6-15(4)5)13(18)12(9-19)14-11(3)17/h10,12,19H,6-9H2,1-5H3,(H,14,17). The lowest BCUT2D eigenvalue weighted by Crippen LogP contribution is -2.51. The fourth-order valence-electron chi connectivity index (χ4n) is 1.70. The quantitative estimate of drug-likeness (QED) is 0.639. The molecule has 0 spiro atoms. The zero-order valence-electron chi connectivity index (χ0n) is 12.6. The van der Waals surface area contributed by atoms with Crippen molar-refractivity contribution >= 4 is 24.4 Å². The zero-order valence-corrected chi connectivity index (χ0v) is 13.5. The second-order valence-electron chi connectivity index (χ2n) is 5.42. The van der Waals surface area contributed by atoms with E-state index in [0.717, 1.165) is 6.54 Å². The van der Waals surface area contributed by atoms with Gasteiger partial charge < -0.3 is 15.1 Å². The fourth-order valence-corrected chi connectivity index (χ4v) is 1.95. The highest BCUT2D eigenvalue weighted by Crippen LogP contribution is 2.04. The van der Waals surface area contributed by atoms with Crippen LogP contribution in [0.3, 0.4) is 0 Å². The fraction of sp³-hybridized carbons (Fsp3) is 0.846. The van der Waals surface area contributed by atoms with Crippen molar-refractivity contribution in [1.29, 1.82) is 0 Å². The summed E-state index contributed by atoms with van der Waals surface area (Å²) < 4.78 is 0. The largest absolute Gasteiger partial charge is 0.344 e. The molecule has 0 heterocycles. The topological polar surface area (TPSA) is 52.7 Å². The van der Waals surface area contributed by atoms with Crippen LogP contribution in [0.25, 0.3) is 0 Å². The van der Waals surface area contributed by atoms with Gasteiger partial charge in [-0.3, -0.25) is 9.59 Å². The van der Waals surface area contributed by atoms with Crippen molar-refractivity contribution in [3.63, 3.8) is 0 Å². The number of carbonyl (C=O) groups excluding carboxylic acids is 2. The van der Waals surface area contributed by atoms with Crippen LogP contribution in [0.1, 0.15) is 20.8 Å². The molecule has 1 atom stereocenters. The van der Waals surface area contributed by atoms with Gasteiger partial charge >= 0.3 is 0 Å². The van der Waals surface area contributed by atoms with Gasteiger partial charge in [-0.05, 0) is 20.0 Å². The Hall–Kier alpha value is -0.750. The first-order valence-electron chi connectivity index (χ1n) is 6.59. The van der Waals surface area contributed by atoms with Crippen molar-refractivity contribution < 1.29 is 9.59 Å². The Labute approximate surface area is 122 Å². The molecule has 0 aromatic rings. The summed E-state index contributed by atoms with van der Waals surface area (Å²) in [5, 5.41) is 2.65. The van der Waals surface area contributed by atoms with Gasteiger partial charge in [0.15, 0.2) is 0 Å². The summed E-state index contributed by atoms with van der Waals surface area (Å²) in [7, 11) is 3.95. The van der Waals surface area contributed by atoms with Crippen molar-refractivity contribution in [3.05, 3.63) is 0 Å². The number of carbonyl (C=O) groups is 2. The Bertz CT molecular complexity index is 296. The predicted molar refractivity (Wildman–Crippen MR) is 81.4 cm³/mol. The Morgan fingerprint density at radius 2 is 1.79 bits per heavy atom. The van der Waals surface area contributed by atoms with Crippen LogP contribution in [0, 0.1) is 5.92 Å². The Kier molecular flexibility index (Phi) is 8.84. The van der Waals surface area contributed by atoms with E-state index in [2.05, 4.69) is 31.8 Å². The number of hydrogen-bond acceptors (Lipinski definition) is 4. The molecule has 0 bridgehead atoms. The lowest BCUT2D eigenvalue weighted by Gasteiger charge is -2.29. The van der Waals surface area contributed by atoms with Crippen molar-refractivity contribution in [3.8, 4) is 0 Å². The van der Waals surface area contributed by atoms with E-state index in [1.807, 2.05) is 23.9 Å². The first-order valence-corrected chi connectivity index (χ1v) is 7.22. The average Bonchev–Trinajstić information content (AvgIpc) is 2.29. The summed E-state index contributed by atoms with van der Waals surface area (Å²) in [6.07, 6.45) is 0. The van der Waals surface area contributed by atoms with Gasteiger partial charge in [-0.2, -0.15) is 12.6 Å². The number of likely N-dealkylation sites (N-methyl/N-ethyl adjacent to an activating group) is 1. The van der Waals surface area contributed by atoms with Crippen molar-refractivity contribution in [1.82, 2.24) is 15.1 Å². The van der Waals surface area contributed by atoms with Crippen molar-refractivity contribution in [2.75, 3.05) is 39.5 Å². The molecule has 19 heavy (non-hydrogen) atoms. The van der Waals surface area contributed by atoms with Crippen LogP contribution < -0.4 is 5.32 Å². The Morgan fingerprint density at radius 1 is 1.21 bits per heavy atom. The normalized spacial score (nSPS) is 12.6. The highest BCUT2D eigenvalue weighted by molar-refractivity contribution is 7.80. The summed E-state index contributed by atoms with van der Waals surface area (Å²) in [5.74, 6) is 0.448. The molecule has 0 aromatic heterocycles. The van der Waals surface area contributed by atoms with Gasteiger partial charge in [-0.15, -0.1) is 0 Å². The molecule has 0 radical (unpaired) electrons. The second-order valence-corrected chi connectivity index (χ2v) is 5.78. The van der Waals surface area contributed by atoms with Gasteiger partial charge in [0.2, 0.25) is 11.8 Å². The minimum atomic E-state index is -0.540. The van der Waals surface area contributed by atoms with Gasteiger partial charge in [0, 0.05) is 32.3 Å². The molecule has 0 rings (SSSR count). The minimum absolute atomic E-state index is 0.0549. The molecule has 0 aromatic carbocycles. The van der Waals surface area contributed by atoms with E-state index in [1.54, 1.807) is 0 Å². The van der Waals surface area contributed by atoms with Crippen LogP contribution in [0.15, 0.2) is 0 Å². The molecular formula is C13H27N3O2S. The molecule has 1 unspecified atom stereocenters. The van der Waals surface area contributed by atoms with Crippen LogP contribution in [0.2, 0.25) is 0 Å². The molecular weight excluding hydrogens is 262 g/mol. The smallest absolute Gasteiger partial charge is 0.246 e. The van der Waals surface area contributed by atoms with Crippen LogP contribution in [0.4, 0.5) is 0 Å². The third-order valence-electron chi connectivity index (χ3n) is 2.57. The number of hydrogen-bond donors (Lipinski definition) is 2. The van der Waals surface area contributed by atoms with Crippen LogP contribution in [-0.4, -0.2) is 67.1 Å². The number of amides is 2. The van der Waals surface area contributed by atoms with E-state index >= 15 is 0 Å². The number of nitrogens with one attached hydrogen (secondary N) is 1. The molecule has 112 valence electrons. The van der Waals surface area contributed by atoms with Gasteiger partial charge in [0.05, 0.1) is 0 Å². The Balaban J connectivity index is 4.69. The lowest BCUT2D eigenvalue weighted by molar-refractivity contribution is -0.136. The molecule has 6 heteroatoms. The molecule has 0 aliphatic rings. The molecule has 1 N–H and O–H groups in total. The van der Waals surface area contributed by atoms with E-state index < -0.39 is 6.04 Å². The van der Waals surface area contributed by atoms with E-state index in [-0.39, 0.29) is 11.8 Å². The minimum Gasteiger partial charge on any atom is -0.344 e. The SMILES string of the molecule is CC(=O)NC(CS)C(=O)N(CCN(C)C)CC(C)C. The summed E-state index contributed by atoms with van der Waals surface area (Å²) in [5.41, 5.74) is 0. The summed E-state index contributed by atoms with van der Waals surface area (Å²) in [4.78, 5) is 27.3. The maximum absolute atomic E-state index is 12.4. The first kappa shape index (κ1) is 18.2. The molecule has 0 aliphatic heterocycles. The van der Waals surface area contributed by atoms with Crippen molar-refractivity contribution in [2.45, 2.75) is 26.8 Å². The second kappa shape index (κ2) is 9.20. The number of nitrogens with zero attached hydrogens (tertiary/aromatic N) is 2. The molecule has 2 amide bonds. The highest BCUT2D eigenvalue weighted by atomic mass is 32.1.